The summed E-state index contributed by atoms with van der Waals surface area (Å²) in [6.07, 6.45) is 2.62. The number of allylic oxidation sites excluding steroid dienone is 1. The van der Waals surface area contributed by atoms with Crippen molar-refractivity contribution >= 4 is 12.2 Å². The molecule has 0 bridgehead atoms. The molecule has 1 aliphatic carbocycles. The van der Waals surface area contributed by atoms with Crippen molar-refractivity contribution in [1.29, 1.82) is 0 Å². The van der Waals surface area contributed by atoms with Gasteiger partial charge in [0.25, 0.3) is 0 Å². The molecule has 0 saturated heterocycles. The van der Waals surface area contributed by atoms with E-state index in [2.05, 4.69) is 5.43 Å². The quantitative estimate of drug-likeness (QED) is 0.573. The standard InChI is InChI=1S/C21H29FN2O4/c1-20(2,3)27-18(25)23-24(19(26)28-21(4,5)6)17-13-9-11-15(17)14-10-7-8-12-16(14)22/h7-10,12-13,15,17H,11H2,1-6H3,(H,23,25)/t15-,17+/m0/s1. The number of halogens is 1. The first kappa shape index (κ1) is 21.7. The number of nitrogens with one attached hydrogen (secondary N) is 1. The summed E-state index contributed by atoms with van der Waals surface area (Å²) < 4.78 is 25.1. The predicted octanol–water partition coefficient (Wildman–Crippen LogP) is 4.91. The Labute approximate surface area is 165 Å². The molecule has 2 atom stereocenters. The zero-order valence-corrected chi connectivity index (χ0v) is 17.3. The van der Waals surface area contributed by atoms with E-state index in [1.165, 1.54) is 6.07 Å². The van der Waals surface area contributed by atoms with Crippen LogP contribution >= 0.6 is 0 Å². The Kier molecular flexibility index (Phi) is 6.37. The highest BCUT2D eigenvalue weighted by Gasteiger charge is 2.38. The maximum absolute atomic E-state index is 14.4. The summed E-state index contributed by atoms with van der Waals surface area (Å²) in [5.41, 5.74) is 1.45. The number of benzene rings is 1. The molecular formula is C21H29FN2O4. The molecule has 0 unspecified atom stereocenters. The lowest BCUT2D eigenvalue weighted by molar-refractivity contribution is -0.00663. The van der Waals surface area contributed by atoms with Gasteiger partial charge in [-0.05, 0) is 59.6 Å². The third kappa shape index (κ3) is 5.97. The van der Waals surface area contributed by atoms with E-state index in [4.69, 9.17) is 9.47 Å². The summed E-state index contributed by atoms with van der Waals surface area (Å²) in [7, 11) is 0. The molecule has 0 aromatic heterocycles. The SMILES string of the molecule is CC(C)(C)OC(=O)NN(C(=O)OC(C)(C)C)[C@@H]1C=CC[C@H]1c1ccccc1F. The van der Waals surface area contributed by atoms with E-state index >= 15 is 0 Å². The summed E-state index contributed by atoms with van der Waals surface area (Å²) in [5, 5.41) is 1.08. The highest BCUT2D eigenvalue weighted by Crippen LogP contribution is 2.34. The number of amides is 2. The number of hydrogen-bond donors (Lipinski definition) is 1. The molecule has 154 valence electrons. The van der Waals surface area contributed by atoms with E-state index in [0.717, 1.165) is 5.01 Å². The van der Waals surface area contributed by atoms with Crippen molar-refractivity contribution in [2.75, 3.05) is 0 Å². The van der Waals surface area contributed by atoms with Crippen LogP contribution in [-0.2, 0) is 9.47 Å². The van der Waals surface area contributed by atoms with Crippen LogP contribution in [0.5, 0.6) is 0 Å². The van der Waals surface area contributed by atoms with Crippen LogP contribution in [0.4, 0.5) is 14.0 Å². The lowest BCUT2D eigenvalue weighted by Gasteiger charge is -2.34. The summed E-state index contributed by atoms with van der Waals surface area (Å²) in [6.45, 7) is 10.4. The van der Waals surface area contributed by atoms with Gasteiger partial charge in [0.2, 0.25) is 0 Å². The van der Waals surface area contributed by atoms with Crippen molar-refractivity contribution in [2.24, 2.45) is 0 Å². The van der Waals surface area contributed by atoms with Crippen LogP contribution < -0.4 is 5.43 Å². The second-order valence-electron chi connectivity index (χ2n) is 8.75. The van der Waals surface area contributed by atoms with E-state index in [1.807, 2.05) is 6.08 Å². The fourth-order valence-electron chi connectivity index (χ4n) is 2.94. The molecule has 0 radical (unpaired) electrons. The van der Waals surface area contributed by atoms with Crippen LogP contribution in [-0.4, -0.2) is 34.4 Å². The fourth-order valence-corrected chi connectivity index (χ4v) is 2.94. The minimum Gasteiger partial charge on any atom is -0.443 e. The number of nitrogens with zero attached hydrogens (tertiary/aromatic N) is 1. The minimum absolute atomic E-state index is 0.358. The smallest absolute Gasteiger partial charge is 0.429 e. The van der Waals surface area contributed by atoms with Gasteiger partial charge in [0.15, 0.2) is 0 Å². The van der Waals surface area contributed by atoms with Gasteiger partial charge >= 0.3 is 12.2 Å². The maximum Gasteiger partial charge on any atom is 0.429 e. The maximum atomic E-state index is 14.4. The third-order valence-electron chi connectivity index (χ3n) is 3.94. The monoisotopic (exact) mass is 392 g/mol. The molecule has 7 heteroatoms. The molecule has 0 heterocycles. The Morgan fingerprint density at radius 2 is 1.68 bits per heavy atom. The molecular weight excluding hydrogens is 363 g/mol. The van der Waals surface area contributed by atoms with Gasteiger partial charge in [0.1, 0.15) is 17.0 Å². The van der Waals surface area contributed by atoms with Crippen molar-refractivity contribution < 1.29 is 23.5 Å². The van der Waals surface area contributed by atoms with Gasteiger partial charge in [-0.1, -0.05) is 30.4 Å². The van der Waals surface area contributed by atoms with Gasteiger partial charge in [-0.3, -0.25) is 0 Å². The molecule has 2 amide bonds. The largest absolute Gasteiger partial charge is 0.443 e. The van der Waals surface area contributed by atoms with Gasteiger partial charge in [-0.25, -0.2) is 24.4 Å². The Balaban J connectivity index is 2.31. The molecule has 2 rings (SSSR count). The molecule has 0 saturated carbocycles. The van der Waals surface area contributed by atoms with Crippen molar-refractivity contribution in [3.63, 3.8) is 0 Å². The summed E-state index contributed by atoms with van der Waals surface area (Å²) in [5.74, 6) is -0.716. The van der Waals surface area contributed by atoms with Gasteiger partial charge in [0.05, 0.1) is 6.04 Å². The highest BCUT2D eigenvalue weighted by atomic mass is 19.1. The van der Waals surface area contributed by atoms with Crippen LogP contribution in [0.3, 0.4) is 0 Å². The van der Waals surface area contributed by atoms with Gasteiger partial charge in [0, 0.05) is 5.92 Å². The molecule has 1 aliphatic rings. The van der Waals surface area contributed by atoms with Gasteiger partial charge < -0.3 is 9.47 Å². The second-order valence-corrected chi connectivity index (χ2v) is 8.75. The first-order valence-corrected chi connectivity index (χ1v) is 9.30. The normalized spacial score (nSPS) is 19.2. The van der Waals surface area contributed by atoms with E-state index in [-0.39, 0.29) is 11.7 Å². The number of carbonyl (C=O) groups excluding carboxylic acids is 2. The number of rotatable bonds is 2. The number of hydrazine groups is 1. The summed E-state index contributed by atoms with van der Waals surface area (Å²) >= 11 is 0. The number of ether oxygens (including phenoxy) is 2. The number of carbonyl (C=O) groups is 2. The first-order valence-electron chi connectivity index (χ1n) is 9.30. The molecule has 1 N–H and O–H groups in total. The topological polar surface area (TPSA) is 67.9 Å². The van der Waals surface area contributed by atoms with Crippen LogP contribution in [0.1, 0.15) is 59.4 Å². The lowest BCUT2D eigenvalue weighted by Crippen LogP contribution is -2.54. The van der Waals surface area contributed by atoms with E-state index in [9.17, 15) is 14.0 Å². The van der Waals surface area contributed by atoms with E-state index in [0.29, 0.717) is 12.0 Å². The van der Waals surface area contributed by atoms with E-state index < -0.39 is 29.4 Å². The average molecular weight is 392 g/mol. The fraction of sp³-hybridized carbons (Fsp3) is 0.524. The zero-order valence-electron chi connectivity index (χ0n) is 17.3. The Morgan fingerprint density at radius 3 is 2.25 bits per heavy atom. The Bertz CT molecular complexity index is 750. The second kappa shape index (κ2) is 8.20. The van der Waals surface area contributed by atoms with Crippen molar-refractivity contribution in [3.05, 3.63) is 47.8 Å². The van der Waals surface area contributed by atoms with Crippen LogP contribution in [0.2, 0.25) is 0 Å². The molecule has 6 nitrogen and oxygen atoms in total. The van der Waals surface area contributed by atoms with Gasteiger partial charge in [-0.2, -0.15) is 0 Å². The number of hydrogen-bond acceptors (Lipinski definition) is 4. The zero-order chi connectivity index (χ0) is 21.1. The van der Waals surface area contributed by atoms with Crippen molar-refractivity contribution in [3.8, 4) is 0 Å². The summed E-state index contributed by atoms with van der Waals surface area (Å²) in [6, 6.07) is 5.80. The molecule has 0 spiro atoms. The minimum atomic E-state index is -0.786. The first-order chi connectivity index (χ1) is 12.9. The Hall–Kier alpha value is -2.57. The lowest BCUT2D eigenvalue weighted by atomic mass is 9.92. The van der Waals surface area contributed by atoms with Gasteiger partial charge in [-0.15, -0.1) is 0 Å². The van der Waals surface area contributed by atoms with Crippen LogP contribution in [0, 0.1) is 5.82 Å². The summed E-state index contributed by atoms with van der Waals surface area (Å²) in [4.78, 5) is 25.1. The van der Waals surface area contributed by atoms with Crippen LogP contribution in [0.25, 0.3) is 0 Å². The third-order valence-corrected chi connectivity index (χ3v) is 3.94. The van der Waals surface area contributed by atoms with E-state index in [1.54, 1.807) is 65.8 Å². The molecule has 0 fully saturated rings. The van der Waals surface area contributed by atoms with Crippen LogP contribution in [0.15, 0.2) is 36.4 Å². The Morgan fingerprint density at radius 1 is 1.07 bits per heavy atom. The van der Waals surface area contributed by atoms with Crippen molar-refractivity contribution in [2.45, 2.75) is 71.1 Å². The average Bonchev–Trinajstić information content (AvgIpc) is 2.98. The highest BCUT2D eigenvalue weighted by molar-refractivity contribution is 5.75. The predicted molar refractivity (Wildman–Crippen MR) is 104 cm³/mol. The molecule has 0 aliphatic heterocycles. The molecule has 1 aromatic rings. The van der Waals surface area contributed by atoms with Crippen molar-refractivity contribution in [1.82, 2.24) is 10.4 Å². The molecule has 1 aromatic carbocycles. The molecule has 28 heavy (non-hydrogen) atoms.